The SMILES string of the molecule is CCCNC(CCc1ccccc1)Cc1ccn(C)n1. The van der Waals surface area contributed by atoms with Gasteiger partial charge in [0.1, 0.15) is 0 Å². The van der Waals surface area contributed by atoms with E-state index in [1.165, 1.54) is 17.7 Å². The maximum Gasteiger partial charge on any atom is 0.0640 e. The van der Waals surface area contributed by atoms with Crippen LogP contribution in [-0.4, -0.2) is 22.4 Å². The van der Waals surface area contributed by atoms with Crippen LogP contribution < -0.4 is 5.32 Å². The molecule has 0 saturated heterocycles. The first-order valence-electron chi connectivity index (χ1n) is 7.53. The number of hydrogen-bond donors (Lipinski definition) is 1. The summed E-state index contributed by atoms with van der Waals surface area (Å²) >= 11 is 0. The molecule has 3 nitrogen and oxygen atoms in total. The monoisotopic (exact) mass is 271 g/mol. The highest BCUT2D eigenvalue weighted by Gasteiger charge is 2.10. The molecule has 0 aliphatic heterocycles. The van der Waals surface area contributed by atoms with E-state index in [2.05, 4.69) is 53.7 Å². The summed E-state index contributed by atoms with van der Waals surface area (Å²) < 4.78 is 1.88. The van der Waals surface area contributed by atoms with E-state index in [1.807, 2.05) is 17.9 Å². The summed E-state index contributed by atoms with van der Waals surface area (Å²) in [6.07, 6.45) is 6.47. The van der Waals surface area contributed by atoms with Crippen molar-refractivity contribution in [2.24, 2.45) is 7.05 Å². The summed E-state index contributed by atoms with van der Waals surface area (Å²) in [5.74, 6) is 0. The average Bonchev–Trinajstić information content (AvgIpc) is 2.88. The van der Waals surface area contributed by atoms with Crippen molar-refractivity contribution in [3.8, 4) is 0 Å². The van der Waals surface area contributed by atoms with E-state index in [1.54, 1.807) is 0 Å². The van der Waals surface area contributed by atoms with Gasteiger partial charge in [-0.3, -0.25) is 4.68 Å². The molecule has 1 aromatic carbocycles. The summed E-state index contributed by atoms with van der Waals surface area (Å²) in [6.45, 7) is 3.29. The highest BCUT2D eigenvalue weighted by molar-refractivity contribution is 5.15. The lowest BCUT2D eigenvalue weighted by Gasteiger charge is -2.17. The number of nitrogens with zero attached hydrogens (tertiary/aromatic N) is 2. The van der Waals surface area contributed by atoms with E-state index in [0.717, 1.165) is 25.8 Å². The Hall–Kier alpha value is -1.61. The Labute approximate surface area is 122 Å². The maximum atomic E-state index is 4.49. The van der Waals surface area contributed by atoms with Crippen molar-refractivity contribution in [3.63, 3.8) is 0 Å². The zero-order valence-corrected chi connectivity index (χ0v) is 12.5. The standard InChI is InChI=1S/C17H25N3/c1-3-12-18-16(14-17-11-13-20(2)19-17)10-9-15-7-5-4-6-8-15/h4-8,11,13,16,18H,3,9-10,12,14H2,1-2H3. The Morgan fingerprint density at radius 2 is 2.00 bits per heavy atom. The van der Waals surface area contributed by atoms with Crippen LogP contribution >= 0.6 is 0 Å². The number of benzene rings is 1. The predicted molar refractivity (Wildman–Crippen MR) is 83.8 cm³/mol. The molecule has 1 aromatic heterocycles. The molecule has 0 radical (unpaired) electrons. The summed E-state index contributed by atoms with van der Waals surface area (Å²) in [6, 6.07) is 13.3. The smallest absolute Gasteiger partial charge is 0.0640 e. The van der Waals surface area contributed by atoms with Gasteiger partial charge in [-0.2, -0.15) is 5.10 Å². The number of nitrogens with one attached hydrogen (secondary N) is 1. The molecule has 0 spiro atoms. The van der Waals surface area contributed by atoms with E-state index in [4.69, 9.17) is 0 Å². The molecule has 3 heteroatoms. The van der Waals surface area contributed by atoms with Crippen molar-refractivity contribution in [2.75, 3.05) is 6.54 Å². The molecule has 0 saturated carbocycles. The van der Waals surface area contributed by atoms with Crippen molar-refractivity contribution in [1.82, 2.24) is 15.1 Å². The Bertz CT molecular complexity index is 490. The van der Waals surface area contributed by atoms with E-state index in [-0.39, 0.29) is 0 Å². The fourth-order valence-corrected chi connectivity index (χ4v) is 2.43. The van der Waals surface area contributed by atoms with E-state index in [0.29, 0.717) is 6.04 Å². The maximum absolute atomic E-state index is 4.49. The number of hydrogen-bond acceptors (Lipinski definition) is 2. The van der Waals surface area contributed by atoms with Crippen molar-refractivity contribution in [1.29, 1.82) is 0 Å². The van der Waals surface area contributed by atoms with Gasteiger partial charge in [-0.05, 0) is 37.4 Å². The molecule has 0 aliphatic rings. The minimum atomic E-state index is 0.505. The van der Waals surface area contributed by atoms with Crippen molar-refractivity contribution >= 4 is 0 Å². The highest BCUT2D eigenvalue weighted by Crippen LogP contribution is 2.09. The molecular formula is C17H25N3. The first-order valence-corrected chi connectivity index (χ1v) is 7.53. The first kappa shape index (κ1) is 14.8. The predicted octanol–water partition coefficient (Wildman–Crippen LogP) is 2.96. The van der Waals surface area contributed by atoms with Crippen LogP contribution in [-0.2, 0) is 19.9 Å². The molecule has 108 valence electrons. The second kappa shape index (κ2) is 7.85. The van der Waals surface area contributed by atoms with E-state index < -0.39 is 0 Å². The van der Waals surface area contributed by atoms with Gasteiger partial charge >= 0.3 is 0 Å². The molecule has 1 atom stereocenters. The molecule has 0 fully saturated rings. The van der Waals surface area contributed by atoms with Crippen LogP contribution in [0.1, 0.15) is 31.0 Å². The van der Waals surface area contributed by atoms with Gasteiger partial charge in [0.15, 0.2) is 0 Å². The normalized spacial score (nSPS) is 12.5. The Morgan fingerprint density at radius 1 is 1.20 bits per heavy atom. The van der Waals surface area contributed by atoms with Crippen LogP contribution in [0.3, 0.4) is 0 Å². The van der Waals surface area contributed by atoms with E-state index >= 15 is 0 Å². The van der Waals surface area contributed by atoms with Crippen LogP contribution in [0, 0.1) is 0 Å². The lowest BCUT2D eigenvalue weighted by Crippen LogP contribution is -2.32. The molecule has 2 aromatic rings. The molecule has 20 heavy (non-hydrogen) atoms. The van der Waals surface area contributed by atoms with Gasteiger partial charge in [-0.15, -0.1) is 0 Å². The molecule has 0 amide bonds. The van der Waals surface area contributed by atoms with Crippen LogP contribution in [0.4, 0.5) is 0 Å². The average molecular weight is 271 g/mol. The fraction of sp³-hybridized carbons (Fsp3) is 0.471. The first-order chi connectivity index (χ1) is 9.78. The molecule has 2 rings (SSSR count). The van der Waals surface area contributed by atoms with Gasteiger partial charge in [-0.1, -0.05) is 37.3 Å². The van der Waals surface area contributed by atoms with Gasteiger partial charge in [0.05, 0.1) is 5.69 Å². The van der Waals surface area contributed by atoms with Crippen molar-refractivity contribution in [3.05, 3.63) is 53.9 Å². The minimum Gasteiger partial charge on any atom is -0.314 e. The number of rotatable bonds is 8. The van der Waals surface area contributed by atoms with Gasteiger partial charge in [0, 0.05) is 25.7 Å². The second-order valence-corrected chi connectivity index (χ2v) is 5.36. The van der Waals surface area contributed by atoms with Crippen LogP contribution in [0.15, 0.2) is 42.6 Å². The van der Waals surface area contributed by atoms with Crippen molar-refractivity contribution < 1.29 is 0 Å². The quantitative estimate of drug-likeness (QED) is 0.800. The van der Waals surface area contributed by atoms with E-state index in [9.17, 15) is 0 Å². The number of aromatic nitrogens is 2. The minimum absolute atomic E-state index is 0.505. The van der Waals surface area contributed by atoms with Crippen LogP contribution in [0.2, 0.25) is 0 Å². The Morgan fingerprint density at radius 3 is 2.65 bits per heavy atom. The molecule has 1 heterocycles. The largest absolute Gasteiger partial charge is 0.314 e. The Balaban J connectivity index is 1.89. The summed E-state index contributed by atoms with van der Waals surface area (Å²) in [7, 11) is 1.97. The molecule has 0 aliphatic carbocycles. The number of aryl methyl sites for hydroxylation is 2. The van der Waals surface area contributed by atoms with Crippen molar-refractivity contribution in [2.45, 2.75) is 38.6 Å². The second-order valence-electron chi connectivity index (χ2n) is 5.36. The van der Waals surface area contributed by atoms with Crippen LogP contribution in [0.25, 0.3) is 0 Å². The zero-order chi connectivity index (χ0) is 14.2. The van der Waals surface area contributed by atoms with Gasteiger partial charge in [-0.25, -0.2) is 0 Å². The lowest BCUT2D eigenvalue weighted by atomic mass is 10.0. The van der Waals surface area contributed by atoms with Gasteiger partial charge < -0.3 is 5.32 Å². The summed E-state index contributed by atoms with van der Waals surface area (Å²) in [5, 5.41) is 8.14. The molecule has 1 unspecified atom stereocenters. The van der Waals surface area contributed by atoms with Gasteiger partial charge in [0.25, 0.3) is 0 Å². The zero-order valence-electron chi connectivity index (χ0n) is 12.5. The third kappa shape index (κ3) is 4.82. The fourth-order valence-electron chi connectivity index (χ4n) is 2.43. The third-order valence-corrected chi connectivity index (χ3v) is 3.53. The van der Waals surface area contributed by atoms with Gasteiger partial charge in [0.2, 0.25) is 0 Å². The van der Waals surface area contributed by atoms with Crippen LogP contribution in [0.5, 0.6) is 0 Å². The molecule has 1 N–H and O–H groups in total. The topological polar surface area (TPSA) is 29.9 Å². The molecular weight excluding hydrogens is 246 g/mol. The Kier molecular flexibility index (Phi) is 5.81. The third-order valence-electron chi connectivity index (χ3n) is 3.53. The summed E-state index contributed by atoms with van der Waals surface area (Å²) in [5.41, 5.74) is 2.59. The highest BCUT2D eigenvalue weighted by atomic mass is 15.2. The summed E-state index contributed by atoms with van der Waals surface area (Å²) in [4.78, 5) is 0. The molecule has 0 bridgehead atoms. The lowest BCUT2D eigenvalue weighted by molar-refractivity contribution is 0.472.